The minimum absolute atomic E-state index is 0.210. The molecule has 2 aromatic heterocycles. The molecule has 7 nitrogen and oxygen atoms in total. The van der Waals surface area contributed by atoms with Crippen LogP contribution in [-0.2, 0) is 0 Å². The average molecular weight is 383 g/mol. The standard InChI is InChI=1S/C21H29N5O2/c1-13-6-5-10-26(13)17-9-11-25(12-17)19-8-7-18(14(2)22-19)23-21(27)20-15(3)24-28-16(20)4/h7-8,13,17H,5-6,9-12H2,1-4H3,(H,23,27). The number of anilines is 2. The molecule has 0 radical (unpaired) electrons. The predicted octanol–water partition coefficient (Wildman–Crippen LogP) is 3.31. The third-order valence-corrected chi connectivity index (χ3v) is 6.14. The number of hydrogen-bond acceptors (Lipinski definition) is 6. The monoisotopic (exact) mass is 383 g/mol. The van der Waals surface area contributed by atoms with E-state index in [4.69, 9.17) is 9.51 Å². The van der Waals surface area contributed by atoms with Crippen molar-refractivity contribution in [3.8, 4) is 0 Å². The third-order valence-electron chi connectivity index (χ3n) is 6.14. The first-order valence-electron chi connectivity index (χ1n) is 10.2. The molecule has 2 aliphatic rings. The summed E-state index contributed by atoms with van der Waals surface area (Å²) in [5.41, 5.74) is 2.62. The molecule has 2 aromatic rings. The van der Waals surface area contributed by atoms with Crippen molar-refractivity contribution in [2.75, 3.05) is 29.9 Å². The number of likely N-dealkylation sites (tertiary alicyclic amines) is 1. The van der Waals surface area contributed by atoms with Crippen LogP contribution in [0.5, 0.6) is 0 Å². The Bertz CT molecular complexity index is 858. The largest absolute Gasteiger partial charge is 0.361 e. The van der Waals surface area contributed by atoms with E-state index in [1.54, 1.807) is 13.8 Å². The minimum Gasteiger partial charge on any atom is -0.361 e. The van der Waals surface area contributed by atoms with Gasteiger partial charge in [0, 0.05) is 25.2 Å². The Hall–Kier alpha value is -2.41. The van der Waals surface area contributed by atoms with Gasteiger partial charge in [-0.1, -0.05) is 5.16 Å². The maximum atomic E-state index is 12.6. The summed E-state index contributed by atoms with van der Waals surface area (Å²) in [6.45, 7) is 11.1. The molecule has 2 unspecified atom stereocenters. The first kappa shape index (κ1) is 18.9. The van der Waals surface area contributed by atoms with Gasteiger partial charge in [-0.15, -0.1) is 0 Å². The van der Waals surface area contributed by atoms with E-state index in [0.717, 1.165) is 30.3 Å². The van der Waals surface area contributed by atoms with Crippen LogP contribution in [0.3, 0.4) is 0 Å². The van der Waals surface area contributed by atoms with Gasteiger partial charge in [0.1, 0.15) is 17.1 Å². The smallest absolute Gasteiger partial charge is 0.261 e. The maximum absolute atomic E-state index is 12.6. The first-order valence-corrected chi connectivity index (χ1v) is 10.2. The van der Waals surface area contributed by atoms with Crippen molar-refractivity contribution in [2.45, 2.75) is 59.0 Å². The molecule has 0 bridgehead atoms. The van der Waals surface area contributed by atoms with Crippen molar-refractivity contribution in [3.63, 3.8) is 0 Å². The Morgan fingerprint density at radius 2 is 2.00 bits per heavy atom. The first-order chi connectivity index (χ1) is 13.4. The zero-order valence-electron chi connectivity index (χ0n) is 17.2. The molecule has 0 saturated carbocycles. The predicted molar refractivity (Wildman–Crippen MR) is 109 cm³/mol. The van der Waals surface area contributed by atoms with Gasteiger partial charge in [0.15, 0.2) is 0 Å². The van der Waals surface area contributed by atoms with Crippen molar-refractivity contribution in [2.24, 2.45) is 0 Å². The quantitative estimate of drug-likeness (QED) is 0.873. The number of aromatic nitrogens is 2. The van der Waals surface area contributed by atoms with Gasteiger partial charge in [-0.2, -0.15) is 0 Å². The number of rotatable bonds is 4. The van der Waals surface area contributed by atoms with Gasteiger partial charge in [-0.25, -0.2) is 4.98 Å². The van der Waals surface area contributed by atoms with Crippen LogP contribution in [0.4, 0.5) is 11.5 Å². The SMILES string of the molecule is Cc1nc(N2CCC(N3CCCC3C)C2)ccc1NC(=O)c1c(C)noc1C. The summed E-state index contributed by atoms with van der Waals surface area (Å²) in [6.07, 6.45) is 3.82. The van der Waals surface area contributed by atoms with E-state index >= 15 is 0 Å². The number of hydrogen-bond donors (Lipinski definition) is 1. The number of nitrogens with one attached hydrogen (secondary N) is 1. The number of aryl methyl sites for hydroxylation is 3. The highest BCUT2D eigenvalue weighted by Gasteiger charge is 2.33. The molecule has 0 aliphatic carbocycles. The molecule has 28 heavy (non-hydrogen) atoms. The van der Waals surface area contributed by atoms with Crippen molar-refractivity contribution in [1.82, 2.24) is 15.0 Å². The number of pyridine rings is 1. The Morgan fingerprint density at radius 3 is 2.64 bits per heavy atom. The molecule has 2 saturated heterocycles. The lowest BCUT2D eigenvalue weighted by molar-refractivity contribution is 0.102. The molecule has 150 valence electrons. The van der Waals surface area contributed by atoms with Gasteiger partial charge < -0.3 is 14.7 Å². The van der Waals surface area contributed by atoms with Gasteiger partial charge in [-0.3, -0.25) is 9.69 Å². The number of carbonyl (C=O) groups is 1. The van der Waals surface area contributed by atoms with Crippen LogP contribution in [0, 0.1) is 20.8 Å². The van der Waals surface area contributed by atoms with E-state index in [0.29, 0.717) is 29.1 Å². The number of amides is 1. The Kier molecular flexibility index (Phi) is 5.10. The highest BCUT2D eigenvalue weighted by atomic mass is 16.5. The van der Waals surface area contributed by atoms with Crippen LogP contribution >= 0.6 is 0 Å². The lowest BCUT2D eigenvalue weighted by Gasteiger charge is -2.28. The van der Waals surface area contributed by atoms with Crippen LogP contribution < -0.4 is 10.2 Å². The minimum atomic E-state index is -0.210. The van der Waals surface area contributed by atoms with Gasteiger partial charge >= 0.3 is 0 Å². The summed E-state index contributed by atoms with van der Waals surface area (Å²) in [7, 11) is 0. The summed E-state index contributed by atoms with van der Waals surface area (Å²) < 4.78 is 5.09. The van der Waals surface area contributed by atoms with Gasteiger partial charge in [0.25, 0.3) is 5.91 Å². The summed E-state index contributed by atoms with van der Waals surface area (Å²) in [4.78, 5) is 22.4. The molecule has 1 amide bonds. The van der Waals surface area contributed by atoms with E-state index in [9.17, 15) is 4.79 Å². The van der Waals surface area contributed by atoms with E-state index in [-0.39, 0.29) is 5.91 Å². The van der Waals surface area contributed by atoms with Gasteiger partial charge in [0.05, 0.1) is 17.1 Å². The lowest BCUT2D eigenvalue weighted by Crippen LogP contribution is -2.39. The second-order valence-corrected chi connectivity index (χ2v) is 8.07. The van der Waals surface area contributed by atoms with Crippen molar-refractivity contribution in [1.29, 1.82) is 0 Å². The molecule has 2 fully saturated rings. The van der Waals surface area contributed by atoms with Crippen LogP contribution in [0.2, 0.25) is 0 Å². The Balaban J connectivity index is 1.44. The van der Waals surface area contributed by atoms with Crippen molar-refractivity contribution >= 4 is 17.4 Å². The molecular weight excluding hydrogens is 354 g/mol. The van der Waals surface area contributed by atoms with Crippen molar-refractivity contribution in [3.05, 3.63) is 34.8 Å². The van der Waals surface area contributed by atoms with E-state index in [1.165, 1.54) is 25.8 Å². The second kappa shape index (κ2) is 7.54. The summed E-state index contributed by atoms with van der Waals surface area (Å²) >= 11 is 0. The highest BCUT2D eigenvalue weighted by molar-refractivity contribution is 6.05. The van der Waals surface area contributed by atoms with E-state index < -0.39 is 0 Å². The fourth-order valence-electron chi connectivity index (χ4n) is 4.57. The highest BCUT2D eigenvalue weighted by Crippen LogP contribution is 2.28. The normalized spacial score (nSPS) is 22.8. The molecular formula is C21H29N5O2. The topological polar surface area (TPSA) is 74.5 Å². The zero-order chi connectivity index (χ0) is 19.8. The molecule has 7 heteroatoms. The van der Waals surface area contributed by atoms with E-state index in [2.05, 4.69) is 27.2 Å². The molecule has 0 aromatic carbocycles. The second-order valence-electron chi connectivity index (χ2n) is 8.07. The Labute approximate surface area is 166 Å². The summed E-state index contributed by atoms with van der Waals surface area (Å²) in [5.74, 6) is 1.30. The molecule has 1 N–H and O–H groups in total. The van der Waals surface area contributed by atoms with Crippen molar-refractivity contribution < 1.29 is 9.32 Å². The van der Waals surface area contributed by atoms with Crippen LogP contribution in [0.15, 0.2) is 16.7 Å². The summed E-state index contributed by atoms with van der Waals surface area (Å²) in [5, 5.41) is 6.79. The van der Waals surface area contributed by atoms with Crippen LogP contribution in [-0.4, -0.2) is 52.7 Å². The maximum Gasteiger partial charge on any atom is 0.261 e. The summed E-state index contributed by atoms with van der Waals surface area (Å²) in [6, 6.07) is 5.27. The number of nitrogens with zero attached hydrogens (tertiary/aromatic N) is 4. The van der Waals surface area contributed by atoms with Crippen LogP contribution in [0.25, 0.3) is 0 Å². The van der Waals surface area contributed by atoms with E-state index in [1.807, 2.05) is 19.1 Å². The molecule has 4 rings (SSSR count). The van der Waals surface area contributed by atoms with Gasteiger partial charge in [-0.05, 0) is 65.6 Å². The number of carbonyl (C=O) groups excluding carboxylic acids is 1. The van der Waals surface area contributed by atoms with Crippen LogP contribution in [0.1, 0.15) is 53.7 Å². The fraction of sp³-hybridized carbons (Fsp3) is 0.571. The lowest BCUT2D eigenvalue weighted by atomic mass is 10.2. The average Bonchev–Trinajstić information content (AvgIpc) is 3.37. The van der Waals surface area contributed by atoms with Gasteiger partial charge in [0.2, 0.25) is 0 Å². The fourth-order valence-corrected chi connectivity index (χ4v) is 4.57. The molecule has 4 heterocycles. The third kappa shape index (κ3) is 3.51. The Morgan fingerprint density at radius 1 is 1.18 bits per heavy atom. The molecule has 2 aliphatic heterocycles. The molecule has 0 spiro atoms. The zero-order valence-corrected chi connectivity index (χ0v) is 17.2. The molecule has 2 atom stereocenters.